The van der Waals surface area contributed by atoms with E-state index < -0.39 is 5.92 Å². The molecule has 0 aliphatic heterocycles. The first-order valence-corrected chi connectivity index (χ1v) is 5.36. The minimum absolute atomic E-state index is 0.127. The highest BCUT2D eigenvalue weighted by molar-refractivity contribution is 5.81. The molecular weight excluding hydrogens is 190 g/mol. The number of rotatable bonds is 6. The zero-order chi connectivity index (χ0) is 11.8. The van der Waals surface area contributed by atoms with Gasteiger partial charge in [-0.2, -0.15) is 5.26 Å². The zero-order valence-electron chi connectivity index (χ0n) is 10.1. The topological polar surface area (TPSA) is 56.1 Å². The van der Waals surface area contributed by atoms with Crippen LogP contribution in [0.15, 0.2) is 0 Å². The predicted molar refractivity (Wildman–Crippen MR) is 60.2 cm³/mol. The first-order valence-electron chi connectivity index (χ1n) is 5.36. The highest BCUT2D eigenvalue weighted by Crippen LogP contribution is 2.02. The summed E-state index contributed by atoms with van der Waals surface area (Å²) in [7, 11) is 4.00. The standard InChI is InChI=1S/C11H21N3O/c1-5-10(8-12)11(15)13-9(2)6-7-14(3)4/h9-10H,5-7H2,1-4H3,(H,13,15). The van der Waals surface area contributed by atoms with E-state index in [1.165, 1.54) is 0 Å². The second kappa shape index (κ2) is 7.24. The second-order valence-corrected chi connectivity index (χ2v) is 4.09. The van der Waals surface area contributed by atoms with Gasteiger partial charge < -0.3 is 10.2 Å². The lowest BCUT2D eigenvalue weighted by atomic mass is 10.1. The van der Waals surface area contributed by atoms with Gasteiger partial charge in [0.1, 0.15) is 5.92 Å². The molecule has 0 fully saturated rings. The fourth-order valence-corrected chi connectivity index (χ4v) is 1.20. The molecule has 0 aromatic heterocycles. The predicted octanol–water partition coefficient (Wildman–Crippen LogP) is 0.993. The van der Waals surface area contributed by atoms with Crippen LogP contribution in [-0.4, -0.2) is 37.5 Å². The Labute approximate surface area is 92.3 Å². The molecule has 2 unspecified atom stereocenters. The summed E-state index contributed by atoms with van der Waals surface area (Å²) in [6.07, 6.45) is 1.48. The summed E-state index contributed by atoms with van der Waals surface area (Å²) in [4.78, 5) is 13.6. The number of nitrogens with zero attached hydrogens (tertiary/aromatic N) is 2. The first-order chi connectivity index (χ1) is 7.01. The average Bonchev–Trinajstić information content (AvgIpc) is 2.16. The maximum absolute atomic E-state index is 11.5. The Morgan fingerprint density at radius 2 is 2.13 bits per heavy atom. The van der Waals surface area contributed by atoms with E-state index in [-0.39, 0.29) is 11.9 Å². The first kappa shape index (κ1) is 13.9. The monoisotopic (exact) mass is 211 g/mol. The number of nitriles is 1. The Bertz CT molecular complexity index is 232. The van der Waals surface area contributed by atoms with Crippen LogP contribution in [0.4, 0.5) is 0 Å². The second-order valence-electron chi connectivity index (χ2n) is 4.09. The van der Waals surface area contributed by atoms with E-state index in [4.69, 9.17) is 5.26 Å². The van der Waals surface area contributed by atoms with Crippen molar-refractivity contribution >= 4 is 5.91 Å². The van der Waals surface area contributed by atoms with Crippen LogP contribution in [-0.2, 0) is 4.79 Å². The van der Waals surface area contributed by atoms with Crippen LogP contribution < -0.4 is 5.32 Å². The van der Waals surface area contributed by atoms with E-state index in [0.717, 1.165) is 13.0 Å². The molecular formula is C11H21N3O. The average molecular weight is 211 g/mol. The molecule has 0 bridgehead atoms. The Kier molecular flexibility index (Phi) is 6.72. The fraction of sp³-hybridized carbons (Fsp3) is 0.818. The molecule has 0 spiro atoms. The van der Waals surface area contributed by atoms with Crippen molar-refractivity contribution in [3.63, 3.8) is 0 Å². The number of amides is 1. The third kappa shape index (κ3) is 6.08. The summed E-state index contributed by atoms with van der Waals surface area (Å²) < 4.78 is 0. The van der Waals surface area contributed by atoms with Gasteiger partial charge in [-0.25, -0.2) is 0 Å². The molecule has 0 aromatic rings. The summed E-state index contributed by atoms with van der Waals surface area (Å²) in [6, 6.07) is 2.13. The largest absolute Gasteiger partial charge is 0.352 e. The van der Waals surface area contributed by atoms with Crippen LogP contribution in [0.25, 0.3) is 0 Å². The van der Waals surface area contributed by atoms with Crippen molar-refractivity contribution < 1.29 is 4.79 Å². The number of hydrogen-bond acceptors (Lipinski definition) is 3. The van der Waals surface area contributed by atoms with Gasteiger partial charge in [-0.15, -0.1) is 0 Å². The third-order valence-corrected chi connectivity index (χ3v) is 2.28. The van der Waals surface area contributed by atoms with E-state index in [1.54, 1.807) is 0 Å². The van der Waals surface area contributed by atoms with E-state index in [0.29, 0.717) is 6.42 Å². The molecule has 0 saturated heterocycles. The van der Waals surface area contributed by atoms with E-state index in [2.05, 4.69) is 10.2 Å². The van der Waals surface area contributed by atoms with Crippen LogP contribution in [0.3, 0.4) is 0 Å². The molecule has 4 nitrogen and oxygen atoms in total. The summed E-state index contributed by atoms with van der Waals surface area (Å²) in [5.74, 6) is -0.655. The molecule has 4 heteroatoms. The van der Waals surface area contributed by atoms with Crippen LogP contribution in [0.5, 0.6) is 0 Å². The molecule has 0 saturated carbocycles. The van der Waals surface area contributed by atoms with Gasteiger partial charge in [-0.1, -0.05) is 6.92 Å². The van der Waals surface area contributed by atoms with E-state index in [9.17, 15) is 4.79 Å². The van der Waals surface area contributed by atoms with Gasteiger partial charge in [0.25, 0.3) is 0 Å². The third-order valence-electron chi connectivity index (χ3n) is 2.28. The van der Waals surface area contributed by atoms with Crippen molar-refractivity contribution in [1.82, 2.24) is 10.2 Å². The lowest BCUT2D eigenvalue weighted by Crippen LogP contribution is -2.38. The molecule has 0 aliphatic carbocycles. The minimum Gasteiger partial charge on any atom is -0.352 e. The quantitative estimate of drug-likeness (QED) is 0.713. The maximum Gasteiger partial charge on any atom is 0.237 e. The van der Waals surface area contributed by atoms with Crippen molar-refractivity contribution in [1.29, 1.82) is 5.26 Å². The van der Waals surface area contributed by atoms with Crippen LogP contribution in [0.2, 0.25) is 0 Å². The molecule has 86 valence electrons. The normalized spacial score (nSPS) is 14.4. The Morgan fingerprint density at radius 3 is 2.53 bits per heavy atom. The number of carbonyl (C=O) groups is 1. The molecule has 0 aliphatic rings. The fourth-order valence-electron chi connectivity index (χ4n) is 1.20. The summed E-state index contributed by atoms with van der Waals surface area (Å²) in [5.41, 5.74) is 0. The van der Waals surface area contributed by atoms with Crippen molar-refractivity contribution in [3.8, 4) is 6.07 Å². The molecule has 15 heavy (non-hydrogen) atoms. The summed E-state index contributed by atoms with van der Waals surface area (Å²) >= 11 is 0. The highest BCUT2D eigenvalue weighted by atomic mass is 16.1. The smallest absolute Gasteiger partial charge is 0.237 e. The molecule has 0 radical (unpaired) electrons. The summed E-state index contributed by atoms with van der Waals surface area (Å²) in [6.45, 7) is 4.74. The van der Waals surface area contributed by atoms with Crippen LogP contribution >= 0.6 is 0 Å². The van der Waals surface area contributed by atoms with E-state index in [1.807, 2.05) is 34.0 Å². The molecule has 0 rings (SSSR count). The van der Waals surface area contributed by atoms with E-state index >= 15 is 0 Å². The van der Waals surface area contributed by atoms with Gasteiger partial charge in [-0.05, 0) is 40.4 Å². The molecule has 0 aromatic carbocycles. The van der Waals surface area contributed by atoms with Gasteiger partial charge in [0.05, 0.1) is 6.07 Å². The summed E-state index contributed by atoms with van der Waals surface area (Å²) in [5, 5.41) is 11.6. The SMILES string of the molecule is CCC(C#N)C(=O)NC(C)CCN(C)C. The Balaban J connectivity index is 3.91. The molecule has 2 atom stereocenters. The van der Waals surface area contributed by atoms with Gasteiger partial charge in [0.15, 0.2) is 0 Å². The van der Waals surface area contributed by atoms with Crippen molar-refractivity contribution in [2.45, 2.75) is 32.7 Å². The lowest BCUT2D eigenvalue weighted by molar-refractivity contribution is -0.124. The van der Waals surface area contributed by atoms with Gasteiger partial charge in [0, 0.05) is 6.04 Å². The Hall–Kier alpha value is -1.08. The number of carbonyl (C=O) groups excluding carboxylic acids is 1. The maximum atomic E-state index is 11.5. The molecule has 1 amide bonds. The van der Waals surface area contributed by atoms with Crippen LogP contribution in [0.1, 0.15) is 26.7 Å². The minimum atomic E-state index is -0.508. The number of hydrogen-bond donors (Lipinski definition) is 1. The van der Waals surface area contributed by atoms with Gasteiger partial charge in [-0.3, -0.25) is 4.79 Å². The van der Waals surface area contributed by atoms with Crippen molar-refractivity contribution in [2.75, 3.05) is 20.6 Å². The van der Waals surface area contributed by atoms with Gasteiger partial charge in [0.2, 0.25) is 5.91 Å². The molecule has 0 heterocycles. The zero-order valence-corrected chi connectivity index (χ0v) is 10.1. The van der Waals surface area contributed by atoms with Crippen LogP contribution in [0, 0.1) is 17.2 Å². The lowest BCUT2D eigenvalue weighted by Gasteiger charge is -2.17. The molecule has 1 N–H and O–H groups in total. The highest BCUT2D eigenvalue weighted by Gasteiger charge is 2.17. The van der Waals surface area contributed by atoms with Gasteiger partial charge >= 0.3 is 0 Å². The van der Waals surface area contributed by atoms with Crippen molar-refractivity contribution in [2.24, 2.45) is 5.92 Å². The van der Waals surface area contributed by atoms with Crippen molar-refractivity contribution in [3.05, 3.63) is 0 Å². The Morgan fingerprint density at radius 1 is 1.53 bits per heavy atom. The number of nitrogens with one attached hydrogen (secondary N) is 1.